The number of halogens is 1. The molecule has 0 spiro atoms. The quantitative estimate of drug-likeness (QED) is 0.817. The van der Waals surface area contributed by atoms with Gasteiger partial charge >= 0.3 is 0 Å². The van der Waals surface area contributed by atoms with Crippen LogP contribution in [0.15, 0.2) is 16.7 Å². The summed E-state index contributed by atoms with van der Waals surface area (Å²) < 4.78 is 0.930. The molecule has 0 aromatic carbocycles. The highest BCUT2D eigenvalue weighted by molar-refractivity contribution is 9.10. The third kappa shape index (κ3) is 1.93. The van der Waals surface area contributed by atoms with Crippen molar-refractivity contribution in [1.82, 2.24) is 4.98 Å². The second-order valence-electron chi connectivity index (χ2n) is 6.67. The Balaban J connectivity index is 1.52. The Bertz CT molecular complexity index is 502. The lowest BCUT2D eigenvalue weighted by Crippen LogP contribution is -2.34. The van der Waals surface area contributed by atoms with E-state index < -0.39 is 0 Å². The first-order chi connectivity index (χ1) is 9.22. The fraction of sp³-hybridized carbons (Fsp3) is 0.688. The van der Waals surface area contributed by atoms with Gasteiger partial charge in [-0.25, -0.2) is 4.98 Å². The molecule has 102 valence electrons. The molecule has 2 bridgehead atoms. The summed E-state index contributed by atoms with van der Waals surface area (Å²) in [6, 6.07) is 4.91. The van der Waals surface area contributed by atoms with Crippen molar-refractivity contribution in [2.24, 2.45) is 23.7 Å². The van der Waals surface area contributed by atoms with Crippen molar-refractivity contribution in [2.75, 3.05) is 5.32 Å². The van der Waals surface area contributed by atoms with Crippen LogP contribution in [0.3, 0.4) is 0 Å². The van der Waals surface area contributed by atoms with Gasteiger partial charge in [-0.3, -0.25) is 0 Å². The van der Waals surface area contributed by atoms with Gasteiger partial charge in [0.25, 0.3) is 0 Å². The highest BCUT2D eigenvalue weighted by atomic mass is 79.9. The van der Waals surface area contributed by atoms with Gasteiger partial charge < -0.3 is 5.32 Å². The molecular formula is C16H21BrN2. The summed E-state index contributed by atoms with van der Waals surface area (Å²) in [7, 11) is 0. The predicted octanol–water partition coefficient (Wildman–Crippen LogP) is 4.39. The molecular weight excluding hydrogens is 300 g/mol. The molecule has 0 radical (unpaired) electrons. The highest BCUT2D eigenvalue weighted by Crippen LogP contribution is 2.59. The Labute approximate surface area is 123 Å². The molecule has 1 aromatic rings. The minimum absolute atomic E-state index is 0.700. The summed E-state index contributed by atoms with van der Waals surface area (Å²) >= 11 is 3.44. The maximum atomic E-state index is 4.50. The predicted molar refractivity (Wildman–Crippen MR) is 81.1 cm³/mol. The van der Waals surface area contributed by atoms with Crippen molar-refractivity contribution in [3.63, 3.8) is 0 Å². The molecule has 0 aliphatic heterocycles. The Morgan fingerprint density at radius 1 is 1.16 bits per heavy atom. The lowest BCUT2D eigenvalue weighted by Gasteiger charge is -2.33. The van der Waals surface area contributed by atoms with Gasteiger partial charge in [0.1, 0.15) is 4.60 Å². The van der Waals surface area contributed by atoms with E-state index in [2.05, 4.69) is 39.2 Å². The van der Waals surface area contributed by atoms with Crippen LogP contribution in [0.25, 0.3) is 0 Å². The topological polar surface area (TPSA) is 24.9 Å². The minimum atomic E-state index is 0.700. The second-order valence-corrected chi connectivity index (χ2v) is 7.48. The lowest BCUT2D eigenvalue weighted by atomic mass is 9.79. The SMILES string of the molecule is Cc1nc(Br)ccc1NC1CC2CC1C1CCCC21. The first-order valence-corrected chi connectivity index (χ1v) is 8.41. The molecule has 3 aliphatic carbocycles. The molecule has 3 saturated carbocycles. The maximum absolute atomic E-state index is 4.50. The summed E-state index contributed by atoms with van der Waals surface area (Å²) in [6.07, 6.45) is 7.35. The highest BCUT2D eigenvalue weighted by Gasteiger charge is 2.53. The van der Waals surface area contributed by atoms with E-state index >= 15 is 0 Å². The van der Waals surface area contributed by atoms with E-state index in [0.29, 0.717) is 6.04 Å². The first-order valence-electron chi connectivity index (χ1n) is 7.62. The number of rotatable bonds is 2. The number of pyridine rings is 1. The molecule has 2 nitrogen and oxygen atoms in total. The van der Waals surface area contributed by atoms with Gasteiger partial charge in [-0.05, 0) is 84.3 Å². The van der Waals surface area contributed by atoms with Gasteiger partial charge in [0.2, 0.25) is 0 Å². The minimum Gasteiger partial charge on any atom is -0.381 e. The molecule has 3 heteroatoms. The van der Waals surface area contributed by atoms with Gasteiger partial charge in [-0.1, -0.05) is 6.42 Å². The van der Waals surface area contributed by atoms with Crippen molar-refractivity contribution in [1.29, 1.82) is 0 Å². The van der Waals surface area contributed by atoms with E-state index in [4.69, 9.17) is 0 Å². The van der Waals surface area contributed by atoms with Crippen molar-refractivity contribution >= 4 is 21.6 Å². The maximum Gasteiger partial charge on any atom is 0.106 e. The third-order valence-electron chi connectivity index (χ3n) is 5.82. The standard InChI is InChI=1S/C16H21BrN2/c1-9-14(5-6-16(17)18-9)19-15-8-10-7-13(15)12-4-2-3-11(10)12/h5-6,10-13,15,19H,2-4,7-8H2,1H3. The van der Waals surface area contributed by atoms with Gasteiger partial charge in [-0.15, -0.1) is 0 Å². The number of aromatic nitrogens is 1. The van der Waals surface area contributed by atoms with Crippen LogP contribution in [-0.4, -0.2) is 11.0 Å². The molecule has 19 heavy (non-hydrogen) atoms. The van der Waals surface area contributed by atoms with Crippen molar-refractivity contribution in [3.8, 4) is 0 Å². The summed E-state index contributed by atoms with van der Waals surface area (Å²) in [4.78, 5) is 4.50. The average molecular weight is 321 g/mol. The molecule has 5 unspecified atom stereocenters. The van der Waals surface area contributed by atoms with E-state index in [9.17, 15) is 0 Å². The number of aryl methyl sites for hydroxylation is 1. The summed E-state index contributed by atoms with van der Waals surface area (Å²) in [6.45, 7) is 2.10. The molecule has 1 heterocycles. The molecule has 3 aliphatic rings. The zero-order valence-corrected chi connectivity index (χ0v) is 13.0. The lowest BCUT2D eigenvalue weighted by molar-refractivity contribution is 0.243. The fourth-order valence-corrected chi connectivity index (χ4v) is 5.51. The van der Waals surface area contributed by atoms with E-state index in [1.807, 2.05) is 6.07 Å². The van der Waals surface area contributed by atoms with Crippen LogP contribution in [-0.2, 0) is 0 Å². The molecule has 4 rings (SSSR count). The van der Waals surface area contributed by atoms with Gasteiger partial charge in [0.05, 0.1) is 11.4 Å². The number of hydrogen-bond donors (Lipinski definition) is 1. The van der Waals surface area contributed by atoms with Gasteiger partial charge in [0.15, 0.2) is 0 Å². The number of nitrogens with zero attached hydrogens (tertiary/aromatic N) is 1. The second kappa shape index (κ2) is 4.47. The van der Waals surface area contributed by atoms with Crippen molar-refractivity contribution in [3.05, 3.63) is 22.4 Å². The zero-order valence-electron chi connectivity index (χ0n) is 11.4. The molecule has 1 aromatic heterocycles. The van der Waals surface area contributed by atoms with Crippen molar-refractivity contribution in [2.45, 2.75) is 45.1 Å². The summed E-state index contributed by atoms with van der Waals surface area (Å²) in [5.41, 5.74) is 2.34. The van der Waals surface area contributed by atoms with E-state index in [1.165, 1.54) is 37.8 Å². The largest absolute Gasteiger partial charge is 0.381 e. The molecule has 0 amide bonds. The van der Waals surface area contributed by atoms with Crippen LogP contribution in [0.5, 0.6) is 0 Å². The Hall–Kier alpha value is -0.570. The number of anilines is 1. The monoisotopic (exact) mass is 320 g/mol. The van der Waals surface area contributed by atoms with Crippen LogP contribution in [0.2, 0.25) is 0 Å². The Morgan fingerprint density at radius 2 is 2.00 bits per heavy atom. The molecule has 5 atom stereocenters. The first kappa shape index (κ1) is 12.2. The van der Waals surface area contributed by atoms with Gasteiger partial charge in [0, 0.05) is 6.04 Å². The zero-order chi connectivity index (χ0) is 13.0. The third-order valence-corrected chi connectivity index (χ3v) is 6.26. The van der Waals surface area contributed by atoms with Gasteiger partial charge in [-0.2, -0.15) is 0 Å². The Kier molecular flexibility index (Phi) is 2.87. The molecule has 1 N–H and O–H groups in total. The van der Waals surface area contributed by atoms with E-state index in [1.54, 1.807) is 0 Å². The fourth-order valence-electron chi connectivity index (χ4n) is 5.12. The van der Waals surface area contributed by atoms with Crippen molar-refractivity contribution < 1.29 is 0 Å². The number of nitrogens with one attached hydrogen (secondary N) is 1. The van der Waals surface area contributed by atoms with Crippen LogP contribution in [0.1, 0.15) is 37.8 Å². The summed E-state index contributed by atoms with van der Waals surface area (Å²) in [5.74, 6) is 4.05. The smallest absolute Gasteiger partial charge is 0.106 e. The van der Waals surface area contributed by atoms with E-state index in [-0.39, 0.29) is 0 Å². The Morgan fingerprint density at radius 3 is 2.84 bits per heavy atom. The van der Waals surface area contributed by atoms with Crippen LogP contribution in [0.4, 0.5) is 5.69 Å². The van der Waals surface area contributed by atoms with Crippen LogP contribution >= 0.6 is 15.9 Å². The van der Waals surface area contributed by atoms with E-state index in [0.717, 1.165) is 34.0 Å². The van der Waals surface area contributed by atoms with Crippen LogP contribution in [0, 0.1) is 30.6 Å². The number of fused-ring (bicyclic) bond motifs is 5. The van der Waals surface area contributed by atoms with Crippen LogP contribution < -0.4 is 5.32 Å². The molecule has 0 saturated heterocycles. The molecule has 3 fully saturated rings. The number of hydrogen-bond acceptors (Lipinski definition) is 2. The average Bonchev–Trinajstić information content (AvgIpc) is 3.04. The normalized spacial score (nSPS) is 39.6. The summed E-state index contributed by atoms with van der Waals surface area (Å²) in [5, 5.41) is 3.80.